The van der Waals surface area contributed by atoms with Crippen LogP contribution >= 0.6 is 31.9 Å². The molecule has 0 unspecified atom stereocenters. The van der Waals surface area contributed by atoms with E-state index in [0.717, 1.165) is 0 Å². The van der Waals surface area contributed by atoms with E-state index in [1.165, 1.54) is 6.07 Å². The van der Waals surface area contributed by atoms with Crippen molar-refractivity contribution in [1.29, 1.82) is 0 Å². The van der Waals surface area contributed by atoms with Gasteiger partial charge in [-0.2, -0.15) is 0 Å². The molecule has 18 heavy (non-hydrogen) atoms. The van der Waals surface area contributed by atoms with E-state index in [9.17, 15) is 9.90 Å². The summed E-state index contributed by atoms with van der Waals surface area (Å²) in [4.78, 5) is 13.9. The third-order valence-corrected chi connectivity index (χ3v) is 3.43. The van der Waals surface area contributed by atoms with Crippen LogP contribution in [0, 0.1) is 0 Å². The van der Waals surface area contributed by atoms with Crippen LogP contribution in [0.5, 0.6) is 5.75 Å². The van der Waals surface area contributed by atoms with E-state index < -0.39 is 0 Å². The SMILES string of the molecule is COCCN(CCBr)C(=O)c1ccc(Br)c(O)c1. The fourth-order valence-corrected chi connectivity index (χ4v) is 2.12. The van der Waals surface area contributed by atoms with Crippen molar-refractivity contribution in [3.8, 4) is 5.75 Å². The molecule has 0 radical (unpaired) electrons. The summed E-state index contributed by atoms with van der Waals surface area (Å²) < 4.78 is 5.55. The lowest BCUT2D eigenvalue weighted by Gasteiger charge is -2.21. The highest BCUT2D eigenvalue weighted by atomic mass is 79.9. The highest BCUT2D eigenvalue weighted by molar-refractivity contribution is 9.10. The first-order valence-corrected chi connectivity index (χ1v) is 7.34. The van der Waals surface area contributed by atoms with Gasteiger partial charge in [-0.05, 0) is 34.1 Å². The fraction of sp³-hybridized carbons (Fsp3) is 0.417. The molecule has 0 atom stereocenters. The maximum absolute atomic E-state index is 12.2. The van der Waals surface area contributed by atoms with E-state index in [0.29, 0.717) is 35.1 Å². The molecule has 0 aliphatic carbocycles. The summed E-state index contributed by atoms with van der Waals surface area (Å²) in [6.45, 7) is 1.61. The number of nitrogens with zero attached hydrogens (tertiary/aromatic N) is 1. The molecule has 1 aromatic carbocycles. The van der Waals surface area contributed by atoms with E-state index in [4.69, 9.17) is 4.74 Å². The van der Waals surface area contributed by atoms with Gasteiger partial charge >= 0.3 is 0 Å². The standard InChI is InChI=1S/C12H15Br2NO3/c1-18-7-6-15(5-4-13)12(17)9-2-3-10(14)11(16)8-9/h2-3,8,16H,4-7H2,1H3. The summed E-state index contributed by atoms with van der Waals surface area (Å²) in [5.41, 5.74) is 0.466. The van der Waals surface area contributed by atoms with Crippen LogP contribution in [-0.4, -0.2) is 48.0 Å². The predicted molar refractivity (Wildman–Crippen MR) is 77.4 cm³/mol. The van der Waals surface area contributed by atoms with Crippen molar-refractivity contribution in [2.24, 2.45) is 0 Å². The first-order chi connectivity index (χ1) is 8.60. The van der Waals surface area contributed by atoms with Crippen LogP contribution in [0.25, 0.3) is 0 Å². The Morgan fingerprint density at radius 2 is 2.17 bits per heavy atom. The Labute approximate surface area is 123 Å². The quantitative estimate of drug-likeness (QED) is 0.772. The highest BCUT2D eigenvalue weighted by Crippen LogP contribution is 2.24. The summed E-state index contributed by atoms with van der Waals surface area (Å²) in [5, 5.41) is 10.3. The summed E-state index contributed by atoms with van der Waals surface area (Å²) in [6, 6.07) is 4.80. The molecule has 0 bridgehead atoms. The topological polar surface area (TPSA) is 49.8 Å². The normalized spacial score (nSPS) is 10.4. The number of alkyl halides is 1. The van der Waals surface area contributed by atoms with Crippen LogP contribution < -0.4 is 0 Å². The number of phenolic OH excluding ortho intramolecular Hbond substituents is 1. The fourth-order valence-electron chi connectivity index (χ4n) is 1.45. The van der Waals surface area contributed by atoms with Gasteiger partial charge in [-0.25, -0.2) is 0 Å². The molecular formula is C12H15Br2NO3. The minimum absolute atomic E-state index is 0.0615. The zero-order valence-corrected chi connectivity index (χ0v) is 13.2. The van der Waals surface area contributed by atoms with Crippen molar-refractivity contribution in [3.63, 3.8) is 0 Å². The Bertz CT molecular complexity index is 412. The van der Waals surface area contributed by atoms with E-state index in [-0.39, 0.29) is 11.7 Å². The molecule has 1 rings (SSSR count). The minimum atomic E-state index is -0.116. The van der Waals surface area contributed by atoms with E-state index in [1.54, 1.807) is 24.1 Å². The van der Waals surface area contributed by atoms with Gasteiger partial charge in [0.2, 0.25) is 0 Å². The molecule has 0 aromatic heterocycles. The van der Waals surface area contributed by atoms with E-state index >= 15 is 0 Å². The number of carbonyl (C=O) groups is 1. The van der Waals surface area contributed by atoms with Crippen molar-refractivity contribution >= 4 is 37.8 Å². The van der Waals surface area contributed by atoms with Crippen LogP contribution in [0.3, 0.4) is 0 Å². The number of ether oxygens (including phenoxy) is 1. The van der Waals surface area contributed by atoms with Crippen LogP contribution in [0.1, 0.15) is 10.4 Å². The molecule has 0 heterocycles. The summed E-state index contributed by atoms with van der Waals surface area (Å²) >= 11 is 6.50. The predicted octanol–water partition coefficient (Wildman–Crippen LogP) is 2.64. The number of hydrogen-bond acceptors (Lipinski definition) is 3. The third-order valence-electron chi connectivity index (χ3n) is 2.40. The van der Waals surface area contributed by atoms with Crippen molar-refractivity contribution < 1.29 is 14.6 Å². The zero-order valence-electron chi connectivity index (χ0n) is 10.0. The Morgan fingerprint density at radius 1 is 1.44 bits per heavy atom. The summed E-state index contributed by atoms with van der Waals surface area (Å²) in [5.74, 6) is -0.0549. The number of hydrogen-bond donors (Lipinski definition) is 1. The van der Waals surface area contributed by atoms with Crippen molar-refractivity contribution in [1.82, 2.24) is 4.90 Å². The molecule has 1 amide bonds. The number of methoxy groups -OCH3 is 1. The smallest absolute Gasteiger partial charge is 0.254 e. The van der Waals surface area contributed by atoms with Gasteiger partial charge in [-0.1, -0.05) is 15.9 Å². The maximum atomic E-state index is 12.2. The highest BCUT2D eigenvalue weighted by Gasteiger charge is 2.16. The second kappa shape index (κ2) is 7.76. The molecule has 0 saturated carbocycles. The van der Waals surface area contributed by atoms with Crippen molar-refractivity contribution in [3.05, 3.63) is 28.2 Å². The van der Waals surface area contributed by atoms with Gasteiger partial charge in [-0.3, -0.25) is 4.79 Å². The number of halogens is 2. The van der Waals surface area contributed by atoms with Crippen molar-refractivity contribution in [2.75, 3.05) is 32.1 Å². The molecule has 0 spiro atoms. The monoisotopic (exact) mass is 379 g/mol. The van der Waals surface area contributed by atoms with Gasteiger partial charge in [0, 0.05) is 31.1 Å². The maximum Gasteiger partial charge on any atom is 0.254 e. The second-order valence-corrected chi connectivity index (χ2v) is 5.29. The van der Waals surface area contributed by atoms with Gasteiger partial charge in [0.05, 0.1) is 11.1 Å². The largest absolute Gasteiger partial charge is 0.507 e. The van der Waals surface area contributed by atoms with Crippen LogP contribution in [-0.2, 0) is 4.74 Å². The van der Waals surface area contributed by atoms with Gasteiger partial charge in [0.15, 0.2) is 0 Å². The molecule has 100 valence electrons. The van der Waals surface area contributed by atoms with Crippen molar-refractivity contribution in [2.45, 2.75) is 0 Å². The first kappa shape index (κ1) is 15.5. The molecule has 0 saturated heterocycles. The summed E-state index contributed by atoms with van der Waals surface area (Å²) in [7, 11) is 1.60. The molecule has 0 fully saturated rings. The molecule has 0 aliphatic heterocycles. The molecule has 1 aromatic rings. The average Bonchev–Trinajstić information content (AvgIpc) is 2.37. The number of benzene rings is 1. The van der Waals surface area contributed by atoms with Crippen LogP contribution in [0.15, 0.2) is 22.7 Å². The van der Waals surface area contributed by atoms with Crippen LogP contribution in [0.4, 0.5) is 0 Å². The van der Waals surface area contributed by atoms with E-state index in [2.05, 4.69) is 31.9 Å². The van der Waals surface area contributed by atoms with Crippen LogP contribution in [0.2, 0.25) is 0 Å². The first-order valence-electron chi connectivity index (χ1n) is 5.42. The summed E-state index contributed by atoms with van der Waals surface area (Å²) in [6.07, 6.45) is 0. The lowest BCUT2D eigenvalue weighted by molar-refractivity contribution is 0.0708. The Hall–Kier alpha value is -0.590. The minimum Gasteiger partial charge on any atom is -0.507 e. The number of amides is 1. The molecule has 6 heteroatoms. The number of carbonyl (C=O) groups excluding carboxylic acids is 1. The Balaban J connectivity index is 2.83. The van der Waals surface area contributed by atoms with Gasteiger partial charge < -0.3 is 14.7 Å². The Kier molecular flexibility index (Phi) is 6.67. The lowest BCUT2D eigenvalue weighted by atomic mass is 10.2. The van der Waals surface area contributed by atoms with Gasteiger partial charge in [0.25, 0.3) is 5.91 Å². The third kappa shape index (κ3) is 4.26. The average molecular weight is 381 g/mol. The second-order valence-electron chi connectivity index (χ2n) is 3.64. The number of rotatable bonds is 6. The molecule has 1 N–H and O–H groups in total. The molecular weight excluding hydrogens is 366 g/mol. The Morgan fingerprint density at radius 3 is 2.72 bits per heavy atom. The number of aromatic hydroxyl groups is 1. The van der Waals surface area contributed by atoms with Gasteiger partial charge in [-0.15, -0.1) is 0 Å². The zero-order chi connectivity index (χ0) is 13.5. The molecule has 4 nitrogen and oxygen atoms in total. The van der Waals surface area contributed by atoms with Gasteiger partial charge in [0.1, 0.15) is 5.75 Å². The van der Waals surface area contributed by atoms with E-state index in [1.807, 2.05) is 0 Å². The number of phenols is 1. The lowest BCUT2D eigenvalue weighted by Crippen LogP contribution is -2.35. The molecule has 0 aliphatic rings.